The fraction of sp³-hybridized carbons (Fsp3) is 0.100. The molecule has 0 spiro atoms. The summed E-state index contributed by atoms with van der Waals surface area (Å²) in [7, 11) is 0. The van der Waals surface area contributed by atoms with Gasteiger partial charge in [-0.05, 0) is 42.0 Å². The Morgan fingerprint density at radius 3 is 2.73 bits per heavy atom. The van der Waals surface area contributed by atoms with Gasteiger partial charge >= 0.3 is 0 Å². The van der Waals surface area contributed by atoms with Crippen LogP contribution < -0.4 is 0 Å². The van der Waals surface area contributed by atoms with Crippen molar-refractivity contribution in [3.63, 3.8) is 0 Å². The number of hydrazone groups is 1. The second-order valence-electron chi connectivity index (χ2n) is 5.93. The summed E-state index contributed by atoms with van der Waals surface area (Å²) in [5, 5.41) is 6.48. The van der Waals surface area contributed by atoms with E-state index in [1.165, 1.54) is 5.01 Å². The van der Waals surface area contributed by atoms with E-state index in [2.05, 4.69) is 21.0 Å². The molecule has 0 bridgehead atoms. The molecule has 130 valence electrons. The first-order chi connectivity index (χ1) is 12.6. The number of carbonyl (C=O) groups excluding carboxylic acids is 1. The third-order valence-electron chi connectivity index (χ3n) is 4.26. The van der Waals surface area contributed by atoms with Gasteiger partial charge in [-0.15, -0.1) is 0 Å². The zero-order valence-corrected chi connectivity index (χ0v) is 15.9. The molecule has 1 atom stereocenters. The van der Waals surface area contributed by atoms with Gasteiger partial charge in [0.05, 0.1) is 22.9 Å². The van der Waals surface area contributed by atoms with Gasteiger partial charge < -0.3 is 4.42 Å². The van der Waals surface area contributed by atoms with Gasteiger partial charge in [0.15, 0.2) is 0 Å². The van der Waals surface area contributed by atoms with Crippen molar-refractivity contribution < 1.29 is 9.21 Å². The molecule has 0 saturated heterocycles. The van der Waals surface area contributed by atoms with Crippen molar-refractivity contribution in [1.82, 2.24) is 5.01 Å². The summed E-state index contributed by atoms with van der Waals surface area (Å²) in [6.45, 7) is 0. The largest absolute Gasteiger partial charge is 0.463 e. The Morgan fingerprint density at radius 1 is 1.15 bits per heavy atom. The fourth-order valence-corrected chi connectivity index (χ4v) is 3.65. The molecule has 3 aromatic rings. The Balaban J connectivity index is 1.76. The number of hydrogen-bond acceptors (Lipinski definition) is 3. The van der Waals surface area contributed by atoms with E-state index in [1.54, 1.807) is 30.5 Å². The van der Waals surface area contributed by atoms with Crippen molar-refractivity contribution in [2.75, 3.05) is 0 Å². The van der Waals surface area contributed by atoms with E-state index in [0.29, 0.717) is 22.8 Å². The van der Waals surface area contributed by atoms with E-state index in [1.807, 2.05) is 36.4 Å². The quantitative estimate of drug-likeness (QED) is 0.537. The third-order valence-corrected chi connectivity index (χ3v) is 5.08. The molecule has 4 rings (SSSR count). The molecule has 1 amide bonds. The van der Waals surface area contributed by atoms with Gasteiger partial charge in [0, 0.05) is 10.9 Å². The van der Waals surface area contributed by atoms with Crippen LogP contribution in [0.5, 0.6) is 0 Å². The van der Waals surface area contributed by atoms with Crippen molar-refractivity contribution in [2.45, 2.75) is 12.5 Å². The van der Waals surface area contributed by atoms with Gasteiger partial charge in [0.1, 0.15) is 11.5 Å². The lowest BCUT2D eigenvalue weighted by atomic mass is 10.0. The highest BCUT2D eigenvalue weighted by molar-refractivity contribution is 9.10. The third kappa shape index (κ3) is 3.20. The van der Waals surface area contributed by atoms with Crippen LogP contribution in [0, 0.1) is 0 Å². The first-order valence-corrected chi connectivity index (χ1v) is 9.25. The minimum Gasteiger partial charge on any atom is -0.463 e. The van der Waals surface area contributed by atoms with E-state index in [0.717, 1.165) is 15.7 Å². The lowest BCUT2D eigenvalue weighted by Crippen LogP contribution is -2.27. The maximum atomic E-state index is 13.1. The molecule has 4 nitrogen and oxygen atoms in total. The van der Waals surface area contributed by atoms with Crippen LogP contribution >= 0.6 is 27.5 Å². The number of amides is 1. The van der Waals surface area contributed by atoms with Crippen molar-refractivity contribution >= 4 is 39.1 Å². The monoisotopic (exact) mass is 428 g/mol. The average molecular weight is 430 g/mol. The van der Waals surface area contributed by atoms with Gasteiger partial charge in [-0.2, -0.15) is 5.10 Å². The summed E-state index contributed by atoms with van der Waals surface area (Å²) in [6.07, 6.45) is 2.17. The maximum Gasteiger partial charge on any atom is 0.276 e. The van der Waals surface area contributed by atoms with Crippen LogP contribution in [0.3, 0.4) is 0 Å². The minimum atomic E-state index is -0.234. The average Bonchev–Trinajstić information content (AvgIpc) is 3.31. The minimum absolute atomic E-state index is 0.226. The first-order valence-electron chi connectivity index (χ1n) is 8.08. The molecule has 2 aromatic carbocycles. The first kappa shape index (κ1) is 17.1. The standard InChI is InChI=1S/C20H14BrClN2O2/c21-14-6-3-5-13(11-14)18-12-17(19-9-4-10-26-19)23-24(18)20(25)15-7-1-2-8-16(15)22/h1-11,18H,12H2. The summed E-state index contributed by atoms with van der Waals surface area (Å²) in [5.74, 6) is 0.432. The Labute approximate surface area is 164 Å². The summed E-state index contributed by atoms with van der Waals surface area (Å²) in [6, 6.07) is 18.3. The van der Waals surface area contributed by atoms with Gasteiger partial charge in [0.25, 0.3) is 5.91 Å². The zero-order valence-electron chi connectivity index (χ0n) is 13.6. The number of benzene rings is 2. The predicted octanol–water partition coefficient (Wildman–Crippen LogP) is 5.69. The van der Waals surface area contributed by atoms with Crippen molar-refractivity contribution in [1.29, 1.82) is 0 Å². The van der Waals surface area contributed by atoms with Crippen LogP contribution in [0.15, 0.2) is 80.9 Å². The molecule has 0 aliphatic carbocycles. The van der Waals surface area contributed by atoms with Gasteiger partial charge in [0.2, 0.25) is 0 Å². The topological polar surface area (TPSA) is 45.8 Å². The van der Waals surface area contributed by atoms with E-state index in [9.17, 15) is 4.79 Å². The highest BCUT2D eigenvalue weighted by Gasteiger charge is 2.35. The second-order valence-corrected chi connectivity index (χ2v) is 7.25. The second kappa shape index (κ2) is 7.09. The van der Waals surface area contributed by atoms with Crippen LogP contribution in [0.1, 0.15) is 34.1 Å². The molecular weight excluding hydrogens is 416 g/mol. The SMILES string of the molecule is O=C(c1ccccc1Cl)N1N=C(c2ccco2)CC1c1cccc(Br)c1. The molecule has 0 fully saturated rings. The number of hydrogen-bond donors (Lipinski definition) is 0. The Hall–Kier alpha value is -2.37. The molecule has 0 radical (unpaired) electrons. The van der Waals surface area contributed by atoms with E-state index >= 15 is 0 Å². The zero-order chi connectivity index (χ0) is 18.1. The van der Waals surface area contributed by atoms with Gasteiger partial charge in [-0.1, -0.05) is 51.8 Å². The van der Waals surface area contributed by atoms with Crippen LogP contribution in [0.4, 0.5) is 0 Å². The molecule has 1 aliphatic rings. The highest BCUT2D eigenvalue weighted by atomic mass is 79.9. The van der Waals surface area contributed by atoms with Crippen LogP contribution in [0.2, 0.25) is 5.02 Å². The fourth-order valence-electron chi connectivity index (χ4n) is 3.02. The maximum absolute atomic E-state index is 13.1. The van der Waals surface area contributed by atoms with Crippen molar-refractivity contribution in [2.24, 2.45) is 5.10 Å². The number of carbonyl (C=O) groups is 1. The lowest BCUT2D eigenvalue weighted by Gasteiger charge is -2.22. The molecule has 26 heavy (non-hydrogen) atoms. The van der Waals surface area contributed by atoms with E-state index in [-0.39, 0.29) is 11.9 Å². The Morgan fingerprint density at radius 2 is 2.00 bits per heavy atom. The highest BCUT2D eigenvalue weighted by Crippen LogP contribution is 2.35. The molecule has 0 saturated carbocycles. The van der Waals surface area contributed by atoms with E-state index in [4.69, 9.17) is 16.0 Å². The van der Waals surface area contributed by atoms with Crippen LogP contribution in [-0.4, -0.2) is 16.6 Å². The summed E-state index contributed by atoms with van der Waals surface area (Å²) in [5.41, 5.74) is 2.16. The molecule has 6 heteroatoms. The number of halogens is 2. The van der Waals surface area contributed by atoms with Crippen LogP contribution in [0.25, 0.3) is 0 Å². The number of rotatable bonds is 3. The molecular formula is C20H14BrClN2O2. The van der Waals surface area contributed by atoms with Crippen molar-refractivity contribution in [3.05, 3.63) is 93.3 Å². The van der Waals surface area contributed by atoms with Gasteiger partial charge in [-0.3, -0.25) is 4.79 Å². The Kier molecular flexibility index (Phi) is 4.66. The van der Waals surface area contributed by atoms with E-state index < -0.39 is 0 Å². The van der Waals surface area contributed by atoms with Crippen LogP contribution in [-0.2, 0) is 0 Å². The van der Waals surface area contributed by atoms with Crippen molar-refractivity contribution in [3.8, 4) is 0 Å². The molecule has 1 aliphatic heterocycles. The number of furan rings is 1. The Bertz CT molecular complexity index is 985. The molecule has 2 heterocycles. The number of nitrogens with zero attached hydrogens (tertiary/aromatic N) is 2. The van der Waals surface area contributed by atoms with Gasteiger partial charge in [-0.25, -0.2) is 5.01 Å². The summed E-state index contributed by atoms with van der Waals surface area (Å²) >= 11 is 9.73. The lowest BCUT2D eigenvalue weighted by molar-refractivity contribution is 0.0711. The molecule has 1 unspecified atom stereocenters. The smallest absolute Gasteiger partial charge is 0.276 e. The molecule has 0 N–H and O–H groups in total. The predicted molar refractivity (Wildman–Crippen MR) is 104 cm³/mol. The normalized spacial score (nSPS) is 16.6. The molecule has 1 aromatic heterocycles. The summed E-state index contributed by atoms with van der Waals surface area (Å²) < 4.78 is 6.43. The summed E-state index contributed by atoms with van der Waals surface area (Å²) in [4.78, 5) is 13.1.